The van der Waals surface area contributed by atoms with Gasteiger partial charge in [-0.25, -0.2) is 0 Å². The molecule has 3 heteroatoms. The third kappa shape index (κ3) is 0.901. The highest BCUT2D eigenvalue weighted by Crippen LogP contribution is 2.36. The van der Waals surface area contributed by atoms with Crippen molar-refractivity contribution in [3.63, 3.8) is 0 Å². The van der Waals surface area contributed by atoms with Gasteiger partial charge in [0, 0.05) is 12.0 Å². The van der Waals surface area contributed by atoms with Gasteiger partial charge in [0.15, 0.2) is 0 Å². The maximum absolute atomic E-state index is 9.11. The summed E-state index contributed by atoms with van der Waals surface area (Å²) in [6, 6.07) is 1.93. The molecule has 0 saturated carbocycles. The number of aryl methyl sites for hydroxylation is 2. The SMILES string of the molecule is Cc1cc2c(o1)CCC2(N)CO. The summed E-state index contributed by atoms with van der Waals surface area (Å²) in [5.74, 6) is 1.83. The first kappa shape index (κ1) is 7.83. The second kappa shape index (κ2) is 2.34. The third-order valence-electron chi connectivity index (χ3n) is 2.55. The summed E-state index contributed by atoms with van der Waals surface area (Å²) >= 11 is 0. The van der Waals surface area contributed by atoms with Gasteiger partial charge in [-0.1, -0.05) is 0 Å². The number of nitrogens with two attached hydrogens (primary N) is 1. The molecule has 1 atom stereocenters. The Balaban J connectivity index is 2.47. The van der Waals surface area contributed by atoms with Crippen LogP contribution in [0, 0.1) is 6.92 Å². The molecule has 66 valence electrons. The van der Waals surface area contributed by atoms with Crippen molar-refractivity contribution in [1.29, 1.82) is 0 Å². The van der Waals surface area contributed by atoms with Gasteiger partial charge in [0.25, 0.3) is 0 Å². The molecule has 0 saturated heterocycles. The maximum Gasteiger partial charge on any atom is 0.109 e. The molecule has 1 aliphatic carbocycles. The van der Waals surface area contributed by atoms with Gasteiger partial charge in [0.1, 0.15) is 11.5 Å². The van der Waals surface area contributed by atoms with Crippen LogP contribution in [-0.2, 0) is 12.0 Å². The summed E-state index contributed by atoms with van der Waals surface area (Å²) in [5.41, 5.74) is 6.41. The van der Waals surface area contributed by atoms with Gasteiger partial charge in [-0.3, -0.25) is 0 Å². The third-order valence-corrected chi connectivity index (χ3v) is 2.55. The van der Waals surface area contributed by atoms with E-state index >= 15 is 0 Å². The zero-order chi connectivity index (χ0) is 8.77. The smallest absolute Gasteiger partial charge is 0.109 e. The Hall–Kier alpha value is -0.800. The summed E-state index contributed by atoms with van der Waals surface area (Å²) in [4.78, 5) is 0. The Kier molecular flexibility index (Phi) is 1.53. The molecule has 2 rings (SSSR count). The van der Waals surface area contributed by atoms with Crippen LogP contribution in [0.4, 0.5) is 0 Å². The summed E-state index contributed by atoms with van der Waals surface area (Å²) in [6.45, 7) is 1.90. The molecule has 0 radical (unpaired) electrons. The standard InChI is InChI=1S/C9H13NO2/c1-6-4-7-8(12-6)2-3-9(7,10)5-11/h4,11H,2-3,5,10H2,1H3. The quantitative estimate of drug-likeness (QED) is 0.646. The Labute approximate surface area is 71.2 Å². The fraction of sp³-hybridized carbons (Fsp3) is 0.556. The molecule has 1 aromatic rings. The molecule has 3 nitrogen and oxygen atoms in total. The highest BCUT2D eigenvalue weighted by molar-refractivity contribution is 5.34. The topological polar surface area (TPSA) is 59.4 Å². The van der Waals surface area contributed by atoms with E-state index in [4.69, 9.17) is 15.3 Å². The Morgan fingerprint density at radius 2 is 2.50 bits per heavy atom. The molecule has 0 amide bonds. The van der Waals surface area contributed by atoms with Crippen LogP contribution in [-0.4, -0.2) is 11.7 Å². The van der Waals surface area contributed by atoms with Gasteiger partial charge in [0.2, 0.25) is 0 Å². The first-order valence-corrected chi connectivity index (χ1v) is 4.15. The van der Waals surface area contributed by atoms with Crippen LogP contribution in [0.5, 0.6) is 0 Å². The predicted molar refractivity (Wildman–Crippen MR) is 44.7 cm³/mol. The van der Waals surface area contributed by atoms with E-state index in [0.717, 1.165) is 29.9 Å². The molecule has 12 heavy (non-hydrogen) atoms. The number of aliphatic hydroxyl groups is 1. The monoisotopic (exact) mass is 167 g/mol. The van der Waals surface area contributed by atoms with Gasteiger partial charge >= 0.3 is 0 Å². The number of fused-ring (bicyclic) bond motifs is 1. The molecule has 0 aromatic carbocycles. The van der Waals surface area contributed by atoms with E-state index in [0.29, 0.717) is 0 Å². The van der Waals surface area contributed by atoms with E-state index in [2.05, 4.69) is 0 Å². The maximum atomic E-state index is 9.11. The first-order chi connectivity index (χ1) is 5.65. The molecule has 0 spiro atoms. The normalized spacial score (nSPS) is 27.6. The van der Waals surface area contributed by atoms with Crippen LogP contribution in [0.1, 0.15) is 23.5 Å². The van der Waals surface area contributed by atoms with Gasteiger partial charge in [0.05, 0.1) is 12.1 Å². The van der Waals surface area contributed by atoms with Gasteiger partial charge in [-0.05, 0) is 19.4 Å². The molecule has 1 heterocycles. The molecule has 0 aliphatic heterocycles. The molecule has 1 aliphatic rings. The van der Waals surface area contributed by atoms with Crippen molar-refractivity contribution in [2.24, 2.45) is 5.73 Å². The van der Waals surface area contributed by atoms with Crippen molar-refractivity contribution >= 4 is 0 Å². The van der Waals surface area contributed by atoms with Crippen LogP contribution < -0.4 is 5.73 Å². The van der Waals surface area contributed by atoms with Gasteiger partial charge in [-0.15, -0.1) is 0 Å². The van der Waals surface area contributed by atoms with Crippen molar-refractivity contribution in [3.8, 4) is 0 Å². The summed E-state index contributed by atoms with van der Waals surface area (Å²) in [6.07, 6.45) is 1.64. The molecule has 0 bridgehead atoms. The van der Waals surface area contributed by atoms with E-state index in [9.17, 15) is 0 Å². The van der Waals surface area contributed by atoms with Crippen molar-refractivity contribution in [2.45, 2.75) is 25.3 Å². The zero-order valence-electron chi connectivity index (χ0n) is 7.13. The minimum Gasteiger partial charge on any atom is -0.466 e. The van der Waals surface area contributed by atoms with Crippen LogP contribution in [0.15, 0.2) is 10.5 Å². The highest BCUT2D eigenvalue weighted by atomic mass is 16.3. The van der Waals surface area contributed by atoms with E-state index < -0.39 is 5.54 Å². The Morgan fingerprint density at radius 3 is 3.17 bits per heavy atom. The lowest BCUT2D eigenvalue weighted by atomic mass is 9.96. The predicted octanol–water partition coefficient (Wildman–Crippen LogP) is 0.681. The molecule has 0 fully saturated rings. The van der Waals surface area contributed by atoms with E-state index in [-0.39, 0.29) is 6.61 Å². The lowest BCUT2D eigenvalue weighted by molar-refractivity contribution is 0.196. The average Bonchev–Trinajstić information content (AvgIpc) is 2.53. The number of rotatable bonds is 1. The Morgan fingerprint density at radius 1 is 1.75 bits per heavy atom. The lowest BCUT2D eigenvalue weighted by Crippen LogP contribution is -2.37. The number of aliphatic hydroxyl groups excluding tert-OH is 1. The largest absolute Gasteiger partial charge is 0.466 e. The van der Waals surface area contributed by atoms with Crippen molar-refractivity contribution in [2.75, 3.05) is 6.61 Å². The molecule has 3 N–H and O–H groups in total. The average molecular weight is 167 g/mol. The van der Waals surface area contributed by atoms with Crippen LogP contribution in [0.25, 0.3) is 0 Å². The van der Waals surface area contributed by atoms with Crippen molar-refractivity contribution in [3.05, 3.63) is 23.2 Å². The lowest BCUT2D eigenvalue weighted by Gasteiger charge is -2.20. The Bertz CT molecular complexity index is 305. The van der Waals surface area contributed by atoms with Crippen LogP contribution in [0.3, 0.4) is 0 Å². The minimum absolute atomic E-state index is 0.00102. The van der Waals surface area contributed by atoms with Crippen molar-refractivity contribution < 1.29 is 9.52 Å². The van der Waals surface area contributed by atoms with Crippen LogP contribution >= 0.6 is 0 Å². The van der Waals surface area contributed by atoms with Gasteiger partial charge < -0.3 is 15.3 Å². The highest BCUT2D eigenvalue weighted by Gasteiger charge is 2.37. The van der Waals surface area contributed by atoms with E-state index in [1.54, 1.807) is 0 Å². The van der Waals surface area contributed by atoms with Crippen molar-refractivity contribution in [1.82, 2.24) is 0 Å². The number of hydrogen-bond donors (Lipinski definition) is 2. The summed E-state index contributed by atoms with van der Waals surface area (Å²) < 4.78 is 5.43. The fourth-order valence-corrected chi connectivity index (χ4v) is 1.81. The minimum atomic E-state index is -0.549. The zero-order valence-corrected chi connectivity index (χ0v) is 7.13. The second-order valence-corrected chi connectivity index (χ2v) is 3.51. The van der Waals surface area contributed by atoms with Crippen LogP contribution in [0.2, 0.25) is 0 Å². The summed E-state index contributed by atoms with van der Waals surface area (Å²) in [5, 5.41) is 9.11. The van der Waals surface area contributed by atoms with E-state index in [1.807, 2.05) is 13.0 Å². The van der Waals surface area contributed by atoms with Gasteiger partial charge in [-0.2, -0.15) is 0 Å². The number of furan rings is 1. The molecular weight excluding hydrogens is 154 g/mol. The molecular formula is C9H13NO2. The molecule has 1 unspecified atom stereocenters. The molecule has 1 aromatic heterocycles. The second-order valence-electron chi connectivity index (χ2n) is 3.51. The fourth-order valence-electron chi connectivity index (χ4n) is 1.81. The van der Waals surface area contributed by atoms with E-state index in [1.165, 1.54) is 0 Å². The first-order valence-electron chi connectivity index (χ1n) is 4.15. The summed E-state index contributed by atoms with van der Waals surface area (Å²) in [7, 11) is 0. The number of hydrogen-bond acceptors (Lipinski definition) is 3.